The van der Waals surface area contributed by atoms with Crippen LogP contribution in [0.3, 0.4) is 0 Å². The summed E-state index contributed by atoms with van der Waals surface area (Å²) in [4.78, 5) is 17.8. The lowest BCUT2D eigenvalue weighted by molar-refractivity contribution is -0.137. The standard InChI is InChI=1S/C20H23F3N2OS/c1-19(17-7-4-12-27-17,14-18(26)25-10-8-24(2)9-11-25)15-5-3-6-16(13-15)20(21,22)23/h3-7,12-13H,8-11,14H2,1-2H3. The topological polar surface area (TPSA) is 23.6 Å². The molecule has 1 amide bonds. The van der Waals surface area contributed by atoms with Gasteiger partial charge < -0.3 is 9.80 Å². The van der Waals surface area contributed by atoms with Crippen LogP contribution in [-0.2, 0) is 16.4 Å². The third-order valence-electron chi connectivity index (χ3n) is 5.25. The van der Waals surface area contributed by atoms with Gasteiger partial charge in [0.2, 0.25) is 5.91 Å². The molecule has 0 bridgehead atoms. The van der Waals surface area contributed by atoms with E-state index in [1.165, 1.54) is 23.5 Å². The zero-order chi connectivity index (χ0) is 19.7. The zero-order valence-electron chi connectivity index (χ0n) is 15.4. The summed E-state index contributed by atoms with van der Waals surface area (Å²) >= 11 is 1.47. The van der Waals surface area contributed by atoms with Gasteiger partial charge in [-0.1, -0.05) is 31.2 Å². The first kappa shape index (κ1) is 19.9. The lowest BCUT2D eigenvalue weighted by Gasteiger charge is -2.36. The van der Waals surface area contributed by atoms with Crippen molar-refractivity contribution < 1.29 is 18.0 Å². The van der Waals surface area contributed by atoms with Crippen LogP contribution in [0.25, 0.3) is 0 Å². The zero-order valence-corrected chi connectivity index (χ0v) is 16.2. The first-order chi connectivity index (χ1) is 12.7. The van der Waals surface area contributed by atoms with Crippen molar-refractivity contribution in [3.8, 4) is 0 Å². The largest absolute Gasteiger partial charge is 0.416 e. The number of carbonyl (C=O) groups is 1. The average Bonchev–Trinajstić information content (AvgIpc) is 3.17. The lowest BCUT2D eigenvalue weighted by Crippen LogP contribution is -2.48. The SMILES string of the molecule is CN1CCN(C(=O)CC(C)(c2cccc(C(F)(F)F)c2)c2cccs2)CC1. The highest BCUT2D eigenvalue weighted by atomic mass is 32.1. The number of benzene rings is 1. The predicted molar refractivity (Wildman–Crippen MR) is 101 cm³/mol. The summed E-state index contributed by atoms with van der Waals surface area (Å²) in [5, 5.41) is 1.89. The number of halogens is 3. The summed E-state index contributed by atoms with van der Waals surface area (Å²) in [5.74, 6) is -0.0172. The number of likely N-dealkylation sites (N-methyl/N-ethyl adjacent to an activating group) is 1. The minimum Gasteiger partial charge on any atom is -0.340 e. The number of thiophene rings is 1. The Morgan fingerprint density at radius 2 is 1.74 bits per heavy atom. The van der Waals surface area contributed by atoms with E-state index in [2.05, 4.69) is 4.90 Å². The second kappa shape index (κ2) is 7.64. The van der Waals surface area contributed by atoms with E-state index in [1.807, 2.05) is 36.4 Å². The molecular weight excluding hydrogens is 373 g/mol. The van der Waals surface area contributed by atoms with Crippen molar-refractivity contribution in [3.05, 3.63) is 57.8 Å². The minimum absolute atomic E-state index is 0.0172. The van der Waals surface area contributed by atoms with E-state index in [0.717, 1.165) is 24.0 Å². The van der Waals surface area contributed by atoms with Gasteiger partial charge in [-0.05, 0) is 30.1 Å². The highest BCUT2D eigenvalue weighted by Gasteiger charge is 2.37. The summed E-state index contributed by atoms with van der Waals surface area (Å²) in [5.41, 5.74) is -0.965. The van der Waals surface area contributed by atoms with E-state index in [1.54, 1.807) is 6.07 Å². The monoisotopic (exact) mass is 396 g/mol. The van der Waals surface area contributed by atoms with Gasteiger partial charge in [0, 0.05) is 42.9 Å². The number of alkyl halides is 3. The van der Waals surface area contributed by atoms with Crippen LogP contribution >= 0.6 is 11.3 Å². The molecule has 1 aliphatic rings. The van der Waals surface area contributed by atoms with Crippen LogP contribution < -0.4 is 0 Å². The molecule has 1 aromatic heterocycles. The molecule has 1 saturated heterocycles. The van der Waals surface area contributed by atoms with Crippen LogP contribution in [0.4, 0.5) is 13.2 Å². The molecule has 0 saturated carbocycles. The summed E-state index contributed by atoms with van der Waals surface area (Å²) in [6.45, 7) is 4.79. The Kier molecular flexibility index (Phi) is 5.63. The molecule has 3 nitrogen and oxygen atoms in total. The normalized spacial score (nSPS) is 18.3. The predicted octanol–water partition coefficient (Wildman–Crippen LogP) is 4.24. The summed E-state index contributed by atoms with van der Waals surface area (Å²) in [7, 11) is 2.01. The molecule has 7 heteroatoms. The second-order valence-electron chi connectivity index (χ2n) is 7.25. The Morgan fingerprint density at radius 1 is 1.07 bits per heavy atom. The van der Waals surface area contributed by atoms with Gasteiger partial charge in [-0.25, -0.2) is 0 Å². The van der Waals surface area contributed by atoms with Gasteiger partial charge in [-0.15, -0.1) is 11.3 Å². The number of hydrogen-bond donors (Lipinski definition) is 0. The highest BCUT2D eigenvalue weighted by Crippen LogP contribution is 2.40. The van der Waals surface area contributed by atoms with Crippen molar-refractivity contribution in [2.24, 2.45) is 0 Å². The maximum Gasteiger partial charge on any atom is 0.416 e. The molecule has 0 spiro atoms. The smallest absolute Gasteiger partial charge is 0.340 e. The van der Waals surface area contributed by atoms with E-state index in [0.29, 0.717) is 18.7 Å². The quantitative estimate of drug-likeness (QED) is 0.772. The molecule has 2 aromatic rings. The summed E-state index contributed by atoms with van der Waals surface area (Å²) < 4.78 is 39.6. The Balaban J connectivity index is 1.93. The number of amides is 1. The Morgan fingerprint density at radius 3 is 2.33 bits per heavy atom. The van der Waals surface area contributed by atoms with E-state index >= 15 is 0 Å². The summed E-state index contributed by atoms with van der Waals surface area (Å²) in [6, 6.07) is 9.11. The Hall–Kier alpha value is -1.86. The van der Waals surface area contributed by atoms with Crippen LogP contribution in [0.15, 0.2) is 41.8 Å². The summed E-state index contributed by atoms with van der Waals surface area (Å²) in [6.07, 6.45) is -4.26. The molecule has 0 N–H and O–H groups in total. The molecule has 1 aliphatic heterocycles. The van der Waals surface area contributed by atoms with Crippen molar-refractivity contribution in [3.63, 3.8) is 0 Å². The van der Waals surface area contributed by atoms with E-state index in [9.17, 15) is 18.0 Å². The molecule has 1 fully saturated rings. The number of hydrogen-bond acceptors (Lipinski definition) is 3. The fraction of sp³-hybridized carbons (Fsp3) is 0.450. The molecular formula is C20H23F3N2OS. The molecule has 1 unspecified atom stereocenters. The van der Waals surface area contributed by atoms with Gasteiger partial charge in [-0.3, -0.25) is 4.79 Å². The van der Waals surface area contributed by atoms with Crippen molar-refractivity contribution in [1.82, 2.24) is 9.80 Å². The fourth-order valence-corrected chi connectivity index (χ4v) is 4.34. The maximum atomic E-state index is 13.2. The number of piperazine rings is 1. The van der Waals surface area contributed by atoms with E-state index in [4.69, 9.17) is 0 Å². The van der Waals surface area contributed by atoms with Crippen molar-refractivity contribution in [2.75, 3.05) is 33.2 Å². The molecule has 1 atom stereocenters. The van der Waals surface area contributed by atoms with E-state index < -0.39 is 17.2 Å². The van der Waals surface area contributed by atoms with Gasteiger partial charge in [0.25, 0.3) is 0 Å². The van der Waals surface area contributed by atoms with Crippen LogP contribution in [0.5, 0.6) is 0 Å². The molecule has 0 aliphatic carbocycles. The fourth-order valence-electron chi connectivity index (χ4n) is 3.43. The van der Waals surface area contributed by atoms with Crippen LogP contribution in [0.1, 0.15) is 29.3 Å². The van der Waals surface area contributed by atoms with Crippen LogP contribution in [0, 0.1) is 0 Å². The molecule has 1 aromatic carbocycles. The number of rotatable bonds is 4. The number of carbonyl (C=O) groups excluding carboxylic acids is 1. The first-order valence-corrected chi connectivity index (χ1v) is 9.76. The second-order valence-corrected chi connectivity index (χ2v) is 8.20. The van der Waals surface area contributed by atoms with Gasteiger partial charge in [-0.2, -0.15) is 13.2 Å². The third kappa shape index (κ3) is 4.35. The van der Waals surface area contributed by atoms with Gasteiger partial charge in [0.15, 0.2) is 0 Å². The van der Waals surface area contributed by atoms with Crippen LogP contribution in [-0.4, -0.2) is 48.9 Å². The maximum absolute atomic E-state index is 13.2. The molecule has 27 heavy (non-hydrogen) atoms. The lowest BCUT2D eigenvalue weighted by atomic mass is 9.77. The molecule has 2 heterocycles. The Labute approximate surface area is 161 Å². The third-order valence-corrected chi connectivity index (χ3v) is 6.39. The minimum atomic E-state index is -4.41. The van der Waals surface area contributed by atoms with Gasteiger partial charge in [0.05, 0.1) is 5.56 Å². The van der Waals surface area contributed by atoms with Crippen LogP contribution in [0.2, 0.25) is 0 Å². The van der Waals surface area contributed by atoms with Crippen molar-refractivity contribution >= 4 is 17.2 Å². The van der Waals surface area contributed by atoms with Gasteiger partial charge in [0.1, 0.15) is 0 Å². The number of nitrogens with zero attached hydrogens (tertiary/aromatic N) is 2. The molecule has 0 radical (unpaired) electrons. The van der Waals surface area contributed by atoms with Gasteiger partial charge >= 0.3 is 6.18 Å². The molecule has 3 rings (SSSR count). The average molecular weight is 396 g/mol. The van der Waals surface area contributed by atoms with Crippen molar-refractivity contribution in [1.29, 1.82) is 0 Å². The van der Waals surface area contributed by atoms with Crippen molar-refractivity contribution in [2.45, 2.75) is 24.9 Å². The Bertz CT molecular complexity index is 783. The van der Waals surface area contributed by atoms with E-state index in [-0.39, 0.29) is 12.3 Å². The first-order valence-electron chi connectivity index (χ1n) is 8.88. The molecule has 146 valence electrons. The highest BCUT2D eigenvalue weighted by molar-refractivity contribution is 7.10.